The third-order valence-corrected chi connectivity index (χ3v) is 4.42. The fraction of sp³-hybridized carbons (Fsp3) is 0.190. The lowest BCUT2D eigenvalue weighted by atomic mass is 10.1. The second-order valence-corrected chi connectivity index (χ2v) is 6.47. The molecule has 0 aliphatic carbocycles. The summed E-state index contributed by atoms with van der Waals surface area (Å²) < 4.78 is 12.7. The number of hydrogen-bond acceptors (Lipinski definition) is 7. The van der Waals surface area contributed by atoms with Gasteiger partial charge in [-0.15, -0.1) is 0 Å². The maximum atomic E-state index is 6.26. The molecule has 2 aromatic heterocycles. The average molecular weight is 390 g/mol. The third kappa shape index (κ3) is 3.97. The highest BCUT2D eigenvalue weighted by Gasteiger charge is 2.17. The Labute approximate surface area is 168 Å². The highest BCUT2D eigenvalue weighted by molar-refractivity contribution is 5.99. The Morgan fingerprint density at radius 2 is 1.83 bits per heavy atom. The molecular formula is C21H22N6O2. The van der Waals surface area contributed by atoms with E-state index in [0.717, 1.165) is 11.3 Å². The summed E-state index contributed by atoms with van der Waals surface area (Å²) in [5, 5.41) is 8.29. The molecule has 8 nitrogen and oxygen atoms in total. The van der Waals surface area contributed by atoms with Gasteiger partial charge in [-0.25, -0.2) is 4.98 Å². The highest BCUT2D eigenvalue weighted by atomic mass is 16.5. The van der Waals surface area contributed by atoms with Gasteiger partial charge in [0.05, 0.1) is 17.7 Å². The number of ether oxygens (including phenoxy) is 2. The van der Waals surface area contributed by atoms with E-state index in [2.05, 4.69) is 15.4 Å². The average Bonchev–Trinajstić information content (AvgIpc) is 3.02. The number of fused-ring (bicyclic) bond motifs is 1. The van der Waals surface area contributed by atoms with Crippen molar-refractivity contribution in [1.82, 2.24) is 19.7 Å². The van der Waals surface area contributed by atoms with Crippen LogP contribution in [0.1, 0.15) is 0 Å². The van der Waals surface area contributed by atoms with Crippen molar-refractivity contribution in [2.75, 3.05) is 31.3 Å². The summed E-state index contributed by atoms with van der Waals surface area (Å²) in [6.07, 6.45) is 0. The second kappa shape index (κ2) is 8.15. The standard InChI is InChI=1S/C21H22N6O2/c1-27-19(22)17-18(24-21(23-11-12-28-2)25-20(17)26-27)14-7-6-10-16(13-14)29-15-8-4-3-5-9-15/h3-10,13H,11-12,22H2,1-2H3,(H,23,25,26). The molecule has 0 radical (unpaired) electrons. The number of hydrogen-bond donors (Lipinski definition) is 2. The number of nitrogen functional groups attached to an aromatic ring is 1. The monoisotopic (exact) mass is 390 g/mol. The van der Waals surface area contributed by atoms with Gasteiger partial charge < -0.3 is 20.5 Å². The zero-order valence-electron chi connectivity index (χ0n) is 16.3. The topological polar surface area (TPSA) is 100 Å². The van der Waals surface area contributed by atoms with Crippen LogP contribution in [0.3, 0.4) is 0 Å². The molecule has 0 aliphatic heterocycles. The minimum atomic E-state index is 0.469. The van der Waals surface area contributed by atoms with Gasteiger partial charge in [0.15, 0.2) is 5.65 Å². The lowest BCUT2D eigenvalue weighted by Crippen LogP contribution is -2.10. The zero-order chi connectivity index (χ0) is 20.2. The van der Waals surface area contributed by atoms with Crippen LogP contribution in [-0.2, 0) is 11.8 Å². The summed E-state index contributed by atoms with van der Waals surface area (Å²) in [6, 6.07) is 17.3. The molecule has 4 rings (SSSR count). The molecule has 29 heavy (non-hydrogen) atoms. The van der Waals surface area contributed by atoms with E-state index in [1.807, 2.05) is 54.6 Å². The number of nitrogens with zero attached hydrogens (tertiary/aromatic N) is 4. The number of aryl methyl sites for hydroxylation is 1. The van der Waals surface area contributed by atoms with Gasteiger partial charge in [-0.2, -0.15) is 10.1 Å². The maximum absolute atomic E-state index is 6.26. The number of nitrogens with one attached hydrogen (secondary N) is 1. The third-order valence-electron chi connectivity index (χ3n) is 4.42. The lowest BCUT2D eigenvalue weighted by Gasteiger charge is -2.10. The normalized spacial score (nSPS) is 11.0. The maximum Gasteiger partial charge on any atom is 0.225 e. The summed E-state index contributed by atoms with van der Waals surface area (Å²) in [5.74, 6) is 2.45. The van der Waals surface area contributed by atoms with E-state index in [9.17, 15) is 0 Å². The Kier molecular flexibility index (Phi) is 5.26. The summed E-state index contributed by atoms with van der Waals surface area (Å²) in [4.78, 5) is 9.18. The summed E-state index contributed by atoms with van der Waals surface area (Å²) >= 11 is 0. The van der Waals surface area contributed by atoms with Crippen molar-refractivity contribution in [2.24, 2.45) is 7.05 Å². The number of methoxy groups -OCH3 is 1. The molecule has 0 fully saturated rings. The second-order valence-electron chi connectivity index (χ2n) is 6.47. The van der Waals surface area contributed by atoms with Gasteiger partial charge in [0, 0.05) is 26.3 Å². The summed E-state index contributed by atoms with van der Waals surface area (Å²) in [5.41, 5.74) is 8.35. The predicted octanol–water partition coefficient (Wildman–Crippen LogP) is 3.46. The van der Waals surface area contributed by atoms with E-state index in [1.165, 1.54) is 0 Å². The van der Waals surface area contributed by atoms with Crippen LogP contribution >= 0.6 is 0 Å². The number of benzene rings is 2. The number of rotatable bonds is 7. The van der Waals surface area contributed by atoms with Crippen LogP contribution in [0.2, 0.25) is 0 Å². The van der Waals surface area contributed by atoms with E-state index < -0.39 is 0 Å². The Morgan fingerprint density at radius 1 is 1.03 bits per heavy atom. The molecule has 4 aromatic rings. The molecule has 148 valence electrons. The van der Waals surface area contributed by atoms with Crippen molar-refractivity contribution in [3.05, 3.63) is 54.6 Å². The number of nitrogens with two attached hydrogens (primary N) is 1. The SMILES string of the molecule is COCCNc1nc(-c2cccc(Oc3ccccc3)c2)c2c(N)n(C)nc2n1. The van der Waals surface area contributed by atoms with E-state index in [-0.39, 0.29) is 0 Å². The molecule has 0 spiro atoms. The van der Waals surface area contributed by atoms with E-state index >= 15 is 0 Å². The lowest BCUT2D eigenvalue weighted by molar-refractivity contribution is 0.210. The van der Waals surface area contributed by atoms with Crippen LogP contribution in [0, 0.1) is 0 Å². The van der Waals surface area contributed by atoms with Crippen molar-refractivity contribution < 1.29 is 9.47 Å². The van der Waals surface area contributed by atoms with Crippen LogP contribution < -0.4 is 15.8 Å². The molecule has 0 unspecified atom stereocenters. The quantitative estimate of drug-likeness (QED) is 0.466. The Morgan fingerprint density at radius 3 is 2.62 bits per heavy atom. The van der Waals surface area contributed by atoms with Gasteiger partial charge in [0.2, 0.25) is 5.95 Å². The molecule has 8 heteroatoms. The van der Waals surface area contributed by atoms with E-state index in [4.69, 9.17) is 20.2 Å². The van der Waals surface area contributed by atoms with Gasteiger partial charge in [-0.1, -0.05) is 30.3 Å². The fourth-order valence-corrected chi connectivity index (χ4v) is 3.00. The Bertz CT molecular complexity index is 1130. The molecular weight excluding hydrogens is 368 g/mol. The van der Waals surface area contributed by atoms with Crippen LogP contribution in [-0.4, -0.2) is 40.0 Å². The first-order valence-electron chi connectivity index (χ1n) is 9.22. The van der Waals surface area contributed by atoms with Gasteiger partial charge in [0.1, 0.15) is 17.3 Å². The fourth-order valence-electron chi connectivity index (χ4n) is 3.00. The van der Waals surface area contributed by atoms with Gasteiger partial charge in [-0.05, 0) is 24.3 Å². The largest absolute Gasteiger partial charge is 0.457 e. The molecule has 2 heterocycles. The molecule has 0 saturated heterocycles. The number of anilines is 2. The zero-order valence-corrected chi connectivity index (χ0v) is 16.3. The first kappa shape index (κ1) is 18.7. The van der Waals surface area contributed by atoms with Crippen LogP contribution in [0.5, 0.6) is 11.5 Å². The van der Waals surface area contributed by atoms with E-state index in [1.54, 1.807) is 18.8 Å². The first-order valence-corrected chi connectivity index (χ1v) is 9.22. The van der Waals surface area contributed by atoms with Gasteiger partial charge in [-0.3, -0.25) is 4.68 Å². The Balaban J connectivity index is 1.76. The minimum absolute atomic E-state index is 0.469. The molecule has 2 aromatic carbocycles. The molecule has 0 atom stereocenters. The minimum Gasteiger partial charge on any atom is -0.457 e. The summed E-state index contributed by atoms with van der Waals surface area (Å²) in [7, 11) is 3.43. The molecule has 0 saturated carbocycles. The number of para-hydroxylation sites is 1. The van der Waals surface area contributed by atoms with Gasteiger partial charge >= 0.3 is 0 Å². The van der Waals surface area contributed by atoms with Crippen LogP contribution in [0.4, 0.5) is 11.8 Å². The van der Waals surface area contributed by atoms with Crippen molar-refractivity contribution >= 4 is 22.8 Å². The van der Waals surface area contributed by atoms with E-state index in [0.29, 0.717) is 47.4 Å². The molecule has 0 bridgehead atoms. The Hall–Kier alpha value is -3.65. The summed E-state index contributed by atoms with van der Waals surface area (Å²) in [6.45, 7) is 1.13. The van der Waals surface area contributed by atoms with Crippen LogP contribution in [0.15, 0.2) is 54.6 Å². The van der Waals surface area contributed by atoms with Crippen LogP contribution in [0.25, 0.3) is 22.3 Å². The number of aromatic nitrogens is 4. The smallest absolute Gasteiger partial charge is 0.225 e. The van der Waals surface area contributed by atoms with Crippen molar-refractivity contribution in [1.29, 1.82) is 0 Å². The first-order chi connectivity index (χ1) is 14.2. The predicted molar refractivity (Wildman–Crippen MR) is 113 cm³/mol. The van der Waals surface area contributed by atoms with Crippen molar-refractivity contribution in [3.63, 3.8) is 0 Å². The highest BCUT2D eigenvalue weighted by Crippen LogP contribution is 2.33. The van der Waals surface area contributed by atoms with Crippen molar-refractivity contribution in [2.45, 2.75) is 0 Å². The molecule has 3 N–H and O–H groups in total. The van der Waals surface area contributed by atoms with Crippen molar-refractivity contribution in [3.8, 4) is 22.8 Å². The molecule has 0 amide bonds. The molecule has 0 aliphatic rings. The van der Waals surface area contributed by atoms with Gasteiger partial charge in [0.25, 0.3) is 0 Å².